The molecule has 0 saturated heterocycles. The molecular formula is C26H24N2O2. The van der Waals surface area contributed by atoms with Crippen LogP contribution >= 0.6 is 0 Å². The Morgan fingerprint density at radius 1 is 0.933 bits per heavy atom. The zero-order chi connectivity index (χ0) is 20.8. The van der Waals surface area contributed by atoms with Gasteiger partial charge in [-0.25, -0.2) is 9.78 Å². The van der Waals surface area contributed by atoms with Crippen molar-refractivity contribution in [2.75, 3.05) is 6.61 Å². The lowest BCUT2D eigenvalue weighted by molar-refractivity contribution is -0.137. The number of carbonyl (C=O) groups excluding carboxylic acids is 1. The fraction of sp³-hybridized carbons (Fsp3) is 0.154. The Hall–Kier alpha value is -3.66. The lowest BCUT2D eigenvalue weighted by atomic mass is 10.1. The summed E-state index contributed by atoms with van der Waals surface area (Å²) in [6.07, 6.45) is 3.97. The summed E-state index contributed by atoms with van der Waals surface area (Å²) in [5, 5.41) is 0. The first kappa shape index (κ1) is 19.6. The third-order valence-corrected chi connectivity index (χ3v) is 4.96. The van der Waals surface area contributed by atoms with Crippen LogP contribution in [0.5, 0.6) is 0 Å². The molecule has 30 heavy (non-hydrogen) atoms. The van der Waals surface area contributed by atoms with Crippen molar-refractivity contribution < 1.29 is 9.53 Å². The van der Waals surface area contributed by atoms with Crippen LogP contribution in [0.25, 0.3) is 17.1 Å². The summed E-state index contributed by atoms with van der Waals surface area (Å²) in [4.78, 5) is 16.4. The van der Waals surface area contributed by atoms with E-state index < -0.39 is 0 Å². The third-order valence-electron chi connectivity index (χ3n) is 4.96. The first-order valence-corrected chi connectivity index (χ1v) is 10.1. The van der Waals surface area contributed by atoms with Crippen molar-refractivity contribution in [2.45, 2.75) is 19.9 Å². The van der Waals surface area contributed by atoms with Crippen LogP contribution in [-0.2, 0) is 22.5 Å². The molecule has 0 bridgehead atoms. The molecule has 4 aromatic rings. The van der Waals surface area contributed by atoms with Gasteiger partial charge in [-0.2, -0.15) is 0 Å². The molecule has 4 heteroatoms. The van der Waals surface area contributed by atoms with E-state index in [0.29, 0.717) is 6.61 Å². The number of benzene rings is 3. The smallest absolute Gasteiger partial charge is 0.330 e. The molecule has 1 aromatic heterocycles. The maximum Gasteiger partial charge on any atom is 0.330 e. The second-order valence-electron chi connectivity index (χ2n) is 7.09. The normalized spacial score (nSPS) is 11.2. The minimum absolute atomic E-state index is 0.323. The SMILES string of the molecule is CCOC(=O)C=Cc1ccc(Cc2nc3ccccc3n2Cc2ccccc2)cc1. The molecule has 0 spiro atoms. The highest BCUT2D eigenvalue weighted by Crippen LogP contribution is 2.20. The van der Waals surface area contributed by atoms with Crippen molar-refractivity contribution in [1.82, 2.24) is 9.55 Å². The standard InChI is InChI=1S/C26H24N2O2/c1-2-30-26(29)17-16-20-12-14-21(15-13-20)18-25-27-23-10-6-7-11-24(23)28(25)19-22-8-4-3-5-9-22/h3-17H,2,18-19H2,1H3. The Kier molecular flexibility index (Phi) is 6.04. The Morgan fingerprint density at radius 2 is 1.67 bits per heavy atom. The van der Waals surface area contributed by atoms with Gasteiger partial charge in [0.05, 0.1) is 17.6 Å². The molecule has 0 unspecified atom stereocenters. The minimum atomic E-state index is -0.323. The van der Waals surface area contributed by atoms with Gasteiger partial charge in [-0.3, -0.25) is 0 Å². The molecule has 0 radical (unpaired) electrons. The van der Waals surface area contributed by atoms with E-state index in [1.807, 2.05) is 24.3 Å². The molecule has 0 aliphatic rings. The predicted molar refractivity (Wildman–Crippen MR) is 120 cm³/mol. The summed E-state index contributed by atoms with van der Waals surface area (Å²) in [6.45, 7) is 2.97. The van der Waals surface area contributed by atoms with Gasteiger partial charge in [-0.15, -0.1) is 0 Å². The largest absolute Gasteiger partial charge is 0.463 e. The van der Waals surface area contributed by atoms with Crippen LogP contribution in [0.1, 0.15) is 29.4 Å². The summed E-state index contributed by atoms with van der Waals surface area (Å²) < 4.78 is 7.21. The molecule has 0 N–H and O–H groups in total. The molecule has 150 valence electrons. The first-order valence-electron chi connectivity index (χ1n) is 10.1. The van der Waals surface area contributed by atoms with E-state index in [0.717, 1.165) is 35.4 Å². The van der Waals surface area contributed by atoms with E-state index in [2.05, 4.69) is 59.2 Å². The predicted octanol–water partition coefficient (Wildman–Crippen LogP) is 5.25. The first-order chi connectivity index (χ1) is 14.7. The van der Waals surface area contributed by atoms with E-state index in [1.165, 1.54) is 17.2 Å². The number of ether oxygens (including phenoxy) is 1. The summed E-state index contributed by atoms with van der Waals surface area (Å²) >= 11 is 0. The molecule has 4 nitrogen and oxygen atoms in total. The highest BCUT2D eigenvalue weighted by Gasteiger charge is 2.11. The minimum Gasteiger partial charge on any atom is -0.463 e. The number of hydrogen-bond donors (Lipinski definition) is 0. The van der Waals surface area contributed by atoms with Crippen molar-refractivity contribution in [2.24, 2.45) is 0 Å². The van der Waals surface area contributed by atoms with Gasteiger partial charge >= 0.3 is 5.97 Å². The highest BCUT2D eigenvalue weighted by molar-refractivity contribution is 5.87. The second-order valence-corrected chi connectivity index (χ2v) is 7.09. The zero-order valence-electron chi connectivity index (χ0n) is 17.0. The fourth-order valence-corrected chi connectivity index (χ4v) is 3.49. The molecule has 0 fully saturated rings. The number of rotatable bonds is 7. The highest BCUT2D eigenvalue weighted by atomic mass is 16.5. The van der Waals surface area contributed by atoms with E-state index in [1.54, 1.807) is 13.0 Å². The van der Waals surface area contributed by atoms with Crippen LogP contribution in [0.15, 0.2) is 84.9 Å². The van der Waals surface area contributed by atoms with Gasteiger partial charge < -0.3 is 9.30 Å². The summed E-state index contributed by atoms with van der Waals surface area (Å²) in [7, 11) is 0. The average molecular weight is 396 g/mol. The van der Waals surface area contributed by atoms with E-state index >= 15 is 0 Å². The van der Waals surface area contributed by atoms with Crippen LogP contribution in [-0.4, -0.2) is 22.1 Å². The summed E-state index contributed by atoms with van der Waals surface area (Å²) in [6, 6.07) is 26.9. The van der Waals surface area contributed by atoms with Crippen molar-refractivity contribution in [1.29, 1.82) is 0 Å². The van der Waals surface area contributed by atoms with Crippen LogP contribution < -0.4 is 0 Å². The Bertz CT molecular complexity index is 1160. The number of esters is 1. The van der Waals surface area contributed by atoms with Gasteiger partial charge in [0, 0.05) is 19.0 Å². The quantitative estimate of drug-likeness (QED) is 0.316. The number of para-hydroxylation sites is 2. The molecule has 0 amide bonds. The summed E-state index contributed by atoms with van der Waals surface area (Å²) in [5.41, 5.74) is 5.54. The molecule has 0 aliphatic carbocycles. The topological polar surface area (TPSA) is 44.1 Å². The zero-order valence-corrected chi connectivity index (χ0v) is 17.0. The lowest BCUT2D eigenvalue weighted by Gasteiger charge is -2.10. The van der Waals surface area contributed by atoms with Gasteiger partial charge in [0.1, 0.15) is 5.82 Å². The van der Waals surface area contributed by atoms with Crippen molar-refractivity contribution >= 4 is 23.1 Å². The Morgan fingerprint density at radius 3 is 2.43 bits per heavy atom. The number of fused-ring (bicyclic) bond motifs is 1. The van der Waals surface area contributed by atoms with Crippen LogP contribution in [0.2, 0.25) is 0 Å². The molecular weight excluding hydrogens is 372 g/mol. The average Bonchev–Trinajstić information content (AvgIpc) is 3.11. The number of hydrogen-bond acceptors (Lipinski definition) is 3. The van der Waals surface area contributed by atoms with E-state index in [-0.39, 0.29) is 5.97 Å². The van der Waals surface area contributed by atoms with Crippen molar-refractivity contribution in [3.05, 3.63) is 107 Å². The van der Waals surface area contributed by atoms with Crippen molar-refractivity contribution in [3.8, 4) is 0 Å². The third kappa shape index (κ3) is 4.66. The Balaban J connectivity index is 1.58. The number of aromatic nitrogens is 2. The van der Waals surface area contributed by atoms with Gasteiger partial charge in [-0.05, 0) is 41.8 Å². The van der Waals surface area contributed by atoms with E-state index in [9.17, 15) is 4.79 Å². The maximum absolute atomic E-state index is 11.5. The van der Waals surface area contributed by atoms with Crippen LogP contribution in [0.3, 0.4) is 0 Å². The summed E-state index contributed by atoms with van der Waals surface area (Å²) in [5.74, 6) is 0.714. The molecule has 4 rings (SSSR count). The van der Waals surface area contributed by atoms with Crippen LogP contribution in [0.4, 0.5) is 0 Å². The lowest BCUT2D eigenvalue weighted by Crippen LogP contribution is -2.06. The number of imidazole rings is 1. The Labute approximate surface area is 176 Å². The van der Waals surface area contributed by atoms with Gasteiger partial charge in [0.15, 0.2) is 0 Å². The van der Waals surface area contributed by atoms with E-state index in [4.69, 9.17) is 9.72 Å². The van der Waals surface area contributed by atoms with Gasteiger partial charge in [0.2, 0.25) is 0 Å². The number of carbonyl (C=O) groups is 1. The molecule has 3 aromatic carbocycles. The molecule has 1 heterocycles. The van der Waals surface area contributed by atoms with Gasteiger partial charge in [-0.1, -0.05) is 66.7 Å². The fourth-order valence-electron chi connectivity index (χ4n) is 3.49. The molecule has 0 atom stereocenters. The number of nitrogens with zero attached hydrogens (tertiary/aromatic N) is 2. The monoisotopic (exact) mass is 396 g/mol. The second kappa shape index (κ2) is 9.23. The van der Waals surface area contributed by atoms with Gasteiger partial charge in [0.25, 0.3) is 0 Å². The maximum atomic E-state index is 11.5. The molecule has 0 saturated carbocycles. The van der Waals surface area contributed by atoms with Crippen LogP contribution in [0, 0.1) is 0 Å². The van der Waals surface area contributed by atoms with Crippen molar-refractivity contribution in [3.63, 3.8) is 0 Å². The molecule has 0 aliphatic heterocycles.